The molecule has 0 spiro atoms. The predicted molar refractivity (Wildman–Crippen MR) is 66.2 cm³/mol. The topological polar surface area (TPSA) is 64.3 Å². The minimum atomic E-state index is 0.0373. The van der Waals surface area contributed by atoms with Gasteiger partial charge in [0.1, 0.15) is 12.2 Å². The smallest absolute Gasteiger partial charge is 0.195 e. The molecule has 1 unspecified atom stereocenters. The molecule has 92 valence electrons. The second kappa shape index (κ2) is 4.79. The van der Waals surface area contributed by atoms with Gasteiger partial charge in [0.25, 0.3) is 0 Å². The Labute approximate surface area is 105 Å². The van der Waals surface area contributed by atoms with Crippen LogP contribution in [0.4, 0.5) is 0 Å². The van der Waals surface area contributed by atoms with E-state index in [9.17, 15) is 0 Å². The van der Waals surface area contributed by atoms with E-state index in [1.807, 2.05) is 16.2 Å². The van der Waals surface area contributed by atoms with E-state index in [2.05, 4.69) is 34.2 Å². The Morgan fingerprint density at radius 3 is 2.88 bits per heavy atom. The van der Waals surface area contributed by atoms with Crippen LogP contribution in [0.5, 0.6) is 0 Å². The summed E-state index contributed by atoms with van der Waals surface area (Å²) >= 11 is 5.27. The van der Waals surface area contributed by atoms with Crippen LogP contribution in [-0.2, 0) is 13.5 Å². The van der Waals surface area contributed by atoms with Crippen LogP contribution in [0.25, 0.3) is 0 Å². The van der Waals surface area contributed by atoms with Crippen molar-refractivity contribution in [3.63, 3.8) is 0 Å². The first kappa shape index (κ1) is 12.0. The van der Waals surface area contributed by atoms with Gasteiger partial charge in [-0.15, -0.1) is 10.2 Å². The van der Waals surface area contributed by atoms with Gasteiger partial charge >= 0.3 is 0 Å². The SMILES string of the molecule is CCCc1n[nH]c(=S)n1C(C)c1nncn1C. The fourth-order valence-corrected chi connectivity index (χ4v) is 2.23. The maximum absolute atomic E-state index is 5.27. The molecule has 0 aliphatic heterocycles. The number of nitrogens with zero attached hydrogens (tertiary/aromatic N) is 5. The van der Waals surface area contributed by atoms with Crippen molar-refractivity contribution in [2.24, 2.45) is 7.05 Å². The number of rotatable bonds is 4. The highest BCUT2D eigenvalue weighted by Gasteiger charge is 2.17. The molecule has 0 fully saturated rings. The zero-order valence-corrected chi connectivity index (χ0v) is 11.0. The number of hydrogen-bond acceptors (Lipinski definition) is 4. The summed E-state index contributed by atoms with van der Waals surface area (Å²) < 4.78 is 4.53. The first-order chi connectivity index (χ1) is 8.15. The Kier molecular flexibility index (Phi) is 3.37. The maximum atomic E-state index is 5.27. The van der Waals surface area contributed by atoms with Gasteiger partial charge in [0.15, 0.2) is 10.6 Å². The molecular formula is C10H16N6S. The van der Waals surface area contributed by atoms with E-state index in [0.29, 0.717) is 4.77 Å². The fraction of sp³-hybridized carbons (Fsp3) is 0.600. The van der Waals surface area contributed by atoms with Crippen molar-refractivity contribution in [2.75, 3.05) is 0 Å². The summed E-state index contributed by atoms with van der Waals surface area (Å²) in [6.07, 6.45) is 3.62. The Hall–Kier alpha value is -1.50. The van der Waals surface area contributed by atoms with Gasteiger partial charge in [-0.2, -0.15) is 5.10 Å². The lowest BCUT2D eigenvalue weighted by Crippen LogP contribution is -2.15. The van der Waals surface area contributed by atoms with Crippen LogP contribution in [0.2, 0.25) is 0 Å². The summed E-state index contributed by atoms with van der Waals surface area (Å²) in [5, 5.41) is 15.1. The van der Waals surface area contributed by atoms with Crippen LogP contribution < -0.4 is 0 Å². The lowest BCUT2D eigenvalue weighted by atomic mass is 10.2. The second-order valence-electron chi connectivity index (χ2n) is 4.04. The zero-order valence-electron chi connectivity index (χ0n) is 10.2. The Bertz CT molecular complexity index is 551. The molecule has 0 bridgehead atoms. The summed E-state index contributed by atoms with van der Waals surface area (Å²) in [6, 6.07) is 0.0373. The lowest BCUT2D eigenvalue weighted by Gasteiger charge is -2.14. The predicted octanol–water partition coefficient (Wildman–Crippen LogP) is 1.63. The molecule has 2 aromatic rings. The third kappa shape index (κ3) is 2.14. The molecular weight excluding hydrogens is 236 g/mol. The second-order valence-corrected chi connectivity index (χ2v) is 4.43. The van der Waals surface area contributed by atoms with Crippen LogP contribution in [0.3, 0.4) is 0 Å². The first-order valence-corrected chi connectivity index (χ1v) is 6.05. The Balaban J connectivity index is 2.43. The van der Waals surface area contributed by atoms with E-state index in [4.69, 9.17) is 12.2 Å². The minimum Gasteiger partial charge on any atom is -0.319 e. The van der Waals surface area contributed by atoms with Crippen LogP contribution in [0.15, 0.2) is 6.33 Å². The van der Waals surface area contributed by atoms with E-state index in [0.717, 1.165) is 24.5 Å². The van der Waals surface area contributed by atoms with Gasteiger partial charge in [0, 0.05) is 13.5 Å². The van der Waals surface area contributed by atoms with E-state index in [1.165, 1.54) is 0 Å². The molecule has 2 rings (SSSR count). The van der Waals surface area contributed by atoms with Gasteiger partial charge in [-0.05, 0) is 25.6 Å². The van der Waals surface area contributed by atoms with Gasteiger partial charge in [0.05, 0.1) is 6.04 Å². The van der Waals surface area contributed by atoms with Crippen molar-refractivity contribution in [2.45, 2.75) is 32.7 Å². The average molecular weight is 252 g/mol. The highest BCUT2D eigenvalue weighted by atomic mass is 32.1. The number of aryl methyl sites for hydroxylation is 2. The molecule has 0 saturated heterocycles. The highest BCUT2D eigenvalue weighted by Crippen LogP contribution is 2.17. The molecule has 1 atom stereocenters. The van der Waals surface area contributed by atoms with Crippen LogP contribution >= 0.6 is 12.2 Å². The molecule has 0 aromatic carbocycles. The minimum absolute atomic E-state index is 0.0373. The fourth-order valence-electron chi connectivity index (χ4n) is 1.92. The van der Waals surface area contributed by atoms with E-state index in [-0.39, 0.29) is 6.04 Å². The van der Waals surface area contributed by atoms with Crippen molar-refractivity contribution in [3.8, 4) is 0 Å². The quantitative estimate of drug-likeness (QED) is 0.840. The van der Waals surface area contributed by atoms with Crippen molar-refractivity contribution in [3.05, 3.63) is 22.7 Å². The molecule has 0 radical (unpaired) electrons. The van der Waals surface area contributed by atoms with Crippen molar-refractivity contribution in [1.29, 1.82) is 0 Å². The standard InChI is InChI=1S/C10H16N6S/c1-4-5-8-12-14-10(17)16(8)7(2)9-13-11-6-15(9)3/h6-7H,4-5H2,1-3H3,(H,14,17). The lowest BCUT2D eigenvalue weighted by molar-refractivity contribution is 0.541. The number of hydrogen-bond donors (Lipinski definition) is 1. The average Bonchev–Trinajstić information content (AvgIpc) is 2.86. The van der Waals surface area contributed by atoms with Crippen molar-refractivity contribution < 1.29 is 0 Å². The normalized spacial score (nSPS) is 12.9. The van der Waals surface area contributed by atoms with Gasteiger partial charge in [-0.25, -0.2) is 0 Å². The van der Waals surface area contributed by atoms with Gasteiger partial charge in [-0.3, -0.25) is 9.67 Å². The van der Waals surface area contributed by atoms with Gasteiger partial charge in [0.2, 0.25) is 0 Å². The Morgan fingerprint density at radius 1 is 1.53 bits per heavy atom. The molecule has 7 heteroatoms. The zero-order chi connectivity index (χ0) is 12.4. The molecule has 2 aromatic heterocycles. The third-order valence-corrected chi connectivity index (χ3v) is 3.05. The van der Waals surface area contributed by atoms with Crippen LogP contribution in [0, 0.1) is 4.77 Å². The maximum Gasteiger partial charge on any atom is 0.195 e. The van der Waals surface area contributed by atoms with Gasteiger partial charge in [-0.1, -0.05) is 6.92 Å². The Morgan fingerprint density at radius 2 is 2.29 bits per heavy atom. The monoisotopic (exact) mass is 252 g/mol. The summed E-state index contributed by atoms with van der Waals surface area (Å²) in [5.74, 6) is 1.84. The molecule has 2 heterocycles. The third-order valence-electron chi connectivity index (χ3n) is 2.76. The largest absolute Gasteiger partial charge is 0.319 e. The molecule has 1 N–H and O–H groups in total. The number of H-pyrrole nitrogens is 1. The summed E-state index contributed by atoms with van der Waals surface area (Å²) in [7, 11) is 1.93. The number of aromatic amines is 1. The first-order valence-electron chi connectivity index (χ1n) is 5.64. The number of nitrogens with one attached hydrogen (secondary N) is 1. The molecule has 0 amide bonds. The summed E-state index contributed by atoms with van der Waals surface area (Å²) in [4.78, 5) is 0. The molecule has 0 aliphatic rings. The molecule has 6 nitrogen and oxygen atoms in total. The van der Waals surface area contributed by atoms with Crippen LogP contribution in [0.1, 0.15) is 38.0 Å². The highest BCUT2D eigenvalue weighted by molar-refractivity contribution is 7.71. The summed E-state index contributed by atoms with van der Waals surface area (Å²) in [6.45, 7) is 4.17. The summed E-state index contributed by atoms with van der Waals surface area (Å²) in [5.41, 5.74) is 0. The van der Waals surface area contributed by atoms with E-state index in [1.54, 1.807) is 6.33 Å². The van der Waals surface area contributed by atoms with Crippen LogP contribution in [-0.4, -0.2) is 29.5 Å². The molecule has 17 heavy (non-hydrogen) atoms. The number of aromatic nitrogens is 6. The van der Waals surface area contributed by atoms with Gasteiger partial charge < -0.3 is 4.57 Å². The molecule has 0 aliphatic carbocycles. The van der Waals surface area contributed by atoms with Crippen molar-refractivity contribution in [1.82, 2.24) is 29.5 Å². The van der Waals surface area contributed by atoms with Crippen molar-refractivity contribution >= 4 is 12.2 Å². The van der Waals surface area contributed by atoms with E-state index < -0.39 is 0 Å². The van der Waals surface area contributed by atoms with E-state index >= 15 is 0 Å². The molecule has 0 saturated carbocycles.